The lowest BCUT2D eigenvalue weighted by Crippen LogP contribution is -2.41. The number of quaternary nitrogens is 2. The van der Waals surface area contributed by atoms with Crippen molar-refractivity contribution in [2.45, 2.75) is 6.92 Å². The molecule has 0 rings (SSSR count). The fourth-order valence-corrected chi connectivity index (χ4v) is 0.0962. The third kappa shape index (κ3) is 11.6. The van der Waals surface area contributed by atoms with Crippen molar-refractivity contribution in [2.75, 3.05) is 14.1 Å². The second-order valence-electron chi connectivity index (χ2n) is 1.36. The minimum absolute atomic E-state index is 0.991. The summed E-state index contributed by atoms with van der Waals surface area (Å²) in [5, 5.41) is 19.2. The monoisotopic (exact) mass is 180 g/mol. The smallest absolute Gasteiger partial charge is 0.0634 e. The minimum Gasteiger partial charge on any atom is -0.549 e. The summed E-state index contributed by atoms with van der Waals surface area (Å²) in [6.07, 6.45) is 0. The summed E-state index contributed by atoms with van der Waals surface area (Å²) in [6.45, 7) is 0.991. The average molecular weight is 180 g/mol. The van der Waals surface area contributed by atoms with Crippen LogP contribution in [0.2, 0.25) is 0 Å². The van der Waals surface area contributed by atoms with Gasteiger partial charge in [-0.15, -0.1) is 0 Å². The lowest BCUT2D eigenvalue weighted by molar-refractivity contribution is -0.330. The van der Waals surface area contributed by atoms with Crippen LogP contribution in [0.4, 0.5) is 0 Å². The van der Waals surface area contributed by atoms with Crippen molar-refractivity contribution in [3.63, 3.8) is 0 Å². The van der Waals surface area contributed by atoms with E-state index in [4.69, 9.17) is 0 Å². The molecule has 6 N–H and O–H groups in total. The Kier molecular flexibility index (Phi) is 17.8. The van der Waals surface area contributed by atoms with Crippen LogP contribution >= 0.6 is 0 Å². The van der Waals surface area contributed by atoms with E-state index < -0.39 is 17.9 Å². The molecular formula is C6H16N2O4. The van der Waals surface area contributed by atoms with Crippen LogP contribution in [0, 0.1) is 5.92 Å². The predicted octanol–water partition coefficient (Wildman–Crippen LogP) is -5.16. The van der Waals surface area contributed by atoms with E-state index >= 15 is 0 Å². The highest BCUT2D eigenvalue weighted by atomic mass is 16.4. The molecule has 0 amide bonds. The van der Waals surface area contributed by atoms with Gasteiger partial charge in [0.2, 0.25) is 0 Å². The van der Waals surface area contributed by atoms with Crippen LogP contribution in [-0.2, 0) is 9.59 Å². The molecule has 12 heavy (non-hydrogen) atoms. The van der Waals surface area contributed by atoms with Crippen molar-refractivity contribution in [3.05, 3.63) is 0 Å². The molecule has 0 aromatic rings. The van der Waals surface area contributed by atoms with Gasteiger partial charge in [-0.05, 0) is 0 Å². The first-order valence-electron chi connectivity index (χ1n) is 3.39. The summed E-state index contributed by atoms with van der Waals surface area (Å²) >= 11 is 0. The Bertz CT molecular complexity index is 113. The zero-order valence-electron chi connectivity index (χ0n) is 7.62. The Morgan fingerprint density at radius 1 is 1.00 bits per heavy atom. The van der Waals surface area contributed by atoms with Gasteiger partial charge in [-0.1, -0.05) is 6.92 Å². The zero-order valence-corrected chi connectivity index (χ0v) is 7.62. The molecule has 6 heteroatoms. The fraction of sp³-hybridized carbons (Fsp3) is 0.667. The van der Waals surface area contributed by atoms with Gasteiger partial charge in [-0.25, -0.2) is 0 Å². The third-order valence-corrected chi connectivity index (χ3v) is 0.707. The Morgan fingerprint density at radius 2 is 1.17 bits per heavy atom. The molecule has 0 aliphatic heterocycles. The summed E-state index contributed by atoms with van der Waals surface area (Å²) < 4.78 is 0. The molecule has 0 aromatic carbocycles. The van der Waals surface area contributed by atoms with Crippen LogP contribution < -0.4 is 21.7 Å². The molecule has 0 bridgehead atoms. The first-order valence-corrected chi connectivity index (χ1v) is 3.39. The predicted molar refractivity (Wildman–Crippen MR) is 36.8 cm³/mol. The number of hydrogen-bond acceptors (Lipinski definition) is 4. The molecular weight excluding hydrogens is 164 g/mol. The van der Waals surface area contributed by atoms with Gasteiger partial charge >= 0.3 is 0 Å². The number of carbonyl (C=O) groups excluding carboxylic acids is 2. The maximum absolute atomic E-state index is 9.61. The van der Waals surface area contributed by atoms with E-state index in [1.165, 1.54) is 0 Å². The highest BCUT2D eigenvalue weighted by Gasteiger charge is 2.00. The van der Waals surface area contributed by atoms with Gasteiger partial charge in [-0.3, -0.25) is 0 Å². The van der Waals surface area contributed by atoms with Crippen LogP contribution in [0.5, 0.6) is 0 Å². The highest BCUT2D eigenvalue weighted by molar-refractivity contribution is 5.90. The first-order chi connectivity index (χ1) is 5.55. The molecule has 0 unspecified atom stereocenters. The van der Waals surface area contributed by atoms with E-state index in [0.29, 0.717) is 0 Å². The van der Waals surface area contributed by atoms with Gasteiger partial charge in [0.25, 0.3) is 0 Å². The maximum Gasteiger partial charge on any atom is 0.0634 e. The second kappa shape index (κ2) is 12.5. The molecule has 6 nitrogen and oxygen atoms in total. The van der Waals surface area contributed by atoms with Gasteiger partial charge in [0.15, 0.2) is 0 Å². The van der Waals surface area contributed by atoms with Crippen molar-refractivity contribution >= 4 is 11.9 Å². The standard InChI is InChI=1S/C4H6O4.2CH5N/c1-2(3(5)6)4(7)8;2*1-2/h2H,1H3,(H,5,6)(H,7,8);2*2H2,1H3. The number of carbonyl (C=O) groups is 2. The molecule has 0 spiro atoms. The van der Waals surface area contributed by atoms with E-state index in [1.807, 2.05) is 0 Å². The molecule has 0 radical (unpaired) electrons. The van der Waals surface area contributed by atoms with E-state index in [9.17, 15) is 19.8 Å². The van der Waals surface area contributed by atoms with Crippen LogP contribution in [-0.4, -0.2) is 26.0 Å². The summed E-state index contributed by atoms with van der Waals surface area (Å²) in [4.78, 5) is 19.2. The number of hydrogen-bond donors (Lipinski definition) is 2. The summed E-state index contributed by atoms with van der Waals surface area (Å²) in [6, 6.07) is 0. The van der Waals surface area contributed by atoms with Crippen LogP contribution in [0.15, 0.2) is 0 Å². The first kappa shape index (κ1) is 17.1. The zero-order chi connectivity index (χ0) is 10.7. The quantitative estimate of drug-likeness (QED) is 0.410. The number of aliphatic carboxylic acids is 2. The van der Waals surface area contributed by atoms with E-state index in [1.54, 1.807) is 14.1 Å². The molecule has 0 aliphatic carbocycles. The Balaban J connectivity index is -0.000000175. The minimum atomic E-state index is -1.62. The number of carboxylic acids is 2. The van der Waals surface area contributed by atoms with Crippen LogP contribution in [0.1, 0.15) is 6.92 Å². The van der Waals surface area contributed by atoms with E-state index in [0.717, 1.165) is 6.92 Å². The molecule has 0 heterocycles. The molecule has 0 aromatic heterocycles. The molecule has 0 atom stereocenters. The van der Waals surface area contributed by atoms with E-state index in [2.05, 4.69) is 11.5 Å². The number of rotatable bonds is 2. The molecule has 74 valence electrons. The molecule has 0 fully saturated rings. The molecule has 0 aliphatic rings. The normalized spacial score (nSPS) is 7.17. The lowest BCUT2D eigenvalue weighted by Gasteiger charge is -2.11. The van der Waals surface area contributed by atoms with Crippen molar-refractivity contribution in [2.24, 2.45) is 5.92 Å². The lowest BCUT2D eigenvalue weighted by atomic mass is 10.2. The Labute approximate surface area is 71.2 Å². The third-order valence-electron chi connectivity index (χ3n) is 0.707. The summed E-state index contributed by atoms with van der Waals surface area (Å²) in [5.74, 6) is -4.76. The molecule has 0 saturated heterocycles. The highest BCUT2D eigenvalue weighted by Crippen LogP contribution is 1.86. The van der Waals surface area contributed by atoms with Gasteiger partial charge in [-0.2, -0.15) is 0 Å². The van der Waals surface area contributed by atoms with Crippen molar-refractivity contribution in [1.82, 2.24) is 0 Å². The maximum atomic E-state index is 9.61. The van der Waals surface area contributed by atoms with Gasteiger partial charge in [0.1, 0.15) is 0 Å². The largest absolute Gasteiger partial charge is 0.549 e. The topological polar surface area (TPSA) is 136 Å². The SMILES string of the molecule is CC(C(=O)[O-])C(=O)[O-].C[NH3+].C[NH3+]. The van der Waals surface area contributed by atoms with Crippen molar-refractivity contribution in [3.8, 4) is 0 Å². The molecule has 0 saturated carbocycles. The Morgan fingerprint density at radius 3 is 1.17 bits per heavy atom. The van der Waals surface area contributed by atoms with Gasteiger partial charge < -0.3 is 31.3 Å². The summed E-state index contributed by atoms with van der Waals surface area (Å²) in [7, 11) is 3.50. The average Bonchev–Trinajstić information content (AvgIpc) is 2.10. The van der Waals surface area contributed by atoms with Crippen LogP contribution in [0.3, 0.4) is 0 Å². The van der Waals surface area contributed by atoms with E-state index in [-0.39, 0.29) is 0 Å². The number of carboxylic acid groups (broad SMARTS) is 2. The second-order valence-corrected chi connectivity index (χ2v) is 1.36. The van der Waals surface area contributed by atoms with Crippen molar-refractivity contribution in [1.29, 1.82) is 0 Å². The van der Waals surface area contributed by atoms with Gasteiger partial charge in [0, 0.05) is 17.9 Å². The fourth-order valence-electron chi connectivity index (χ4n) is 0.0962. The van der Waals surface area contributed by atoms with Gasteiger partial charge in [0.05, 0.1) is 14.1 Å². The van der Waals surface area contributed by atoms with Crippen molar-refractivity contribution < 1.29 is 31.3 Å². The Hall–Kier alpha value is -1.14. The summed E-state index contributed by atoms with van der Waals surface area (Å²) in [5.41, 5.74) is 6.50. The van der Waals surface area contributed by atoms with Crippen LogP contribution in [0.25, 0.3) is 0 Å².